The molecular formula is C113H213N5O20S5. The van der Waals surface area contributed by atoms with Crippen LogP contribution in [-0.2, 0) is 95.3 Å². The first kappa shape index (κ1) is 139. The van der Waals surface area contributed by atoms with Crippen molar-refractivity contribution >= 4 is 119 Å². The molecule has 0 saturated heterocycles. The van der Waals surface area contributed by atoms with E-state index in [0.29, 0.717) is 87.7 Å². The smallest absolute Gasteiger partial charge is 0.309 e. The van der Waals surface area contributed by atoms with E-state index in [1.54, 1.807) is 58.8 Å². The van der Waals surface area contributed by atoms with Crippen LogP contribution >= 0.6 is 58.8 Å². The zero-order valence-corrected chi connectivity index (χ0v) is 96.7. The fourth-order valence-corrected chi connectivity index (χ4v) is 21.4. The van der Waals surface area contributed by atoms with E-state index in [0.717, 1.165) is 60.9 Å². The Morgan fingerprint density at radius 2 is 0.336 bits per heavy atom. The number of unbranched alkanes of at least 4 members (excludes halogenated alkanes) is 45. The number of nitrogens with zero attached hydrogens (tertiary/aromatic N) is 3. The Kier molecular flexibility index (Phi) is 105. The van der Waals surface area contributed by atoms with Crippen LogP contribution in [0.5, 0.6) is 0 Å². The van der Waals surface area contributed by atoms with Gasteiger partial charge in [0.15, 0.2) is 0 Å². The van der Waals surface area contributed by atoms with Crippen molar-refractivity contribution in [3.63, 3.8) is 0 Å². The van der Waals surface area contributed by atoms with Gasteiger partial charge in [-0.1, -0.05) is 358 Å². The van der Waals surface area contributed by atoms with E-state index in [4.69, 9.17) is 47.4 Å². The monoisotopic (exact) mass is 2120 g/mol. The summed E-state index contributed by atoms with van der Waals surface area (Å²) in [6, 6.07) is 0. The lowest BCUT2D eigenvalue weighted by molar-refractivity contribution is -0.154. The minimum Gasteiger partial charge on any atom is -0.462 e. The molecule has 0 heterocycles. The third-order valence-electron chi connectivity index (χ3n) is 25.6. The van der Waals surface area contributed by atoms with Crippen molar-refractivity contribution in [3.8, 4) is 0 Å². The molecule has 0 radical (unpaired) electrons. The van der Waals surface area contributed by atoms with Gasteiger partial charge in [0.05, 0.1) is 61.7 Å². The number of carbonyl (C=O) groups excluding carboxylic acids is 10. The molecule has 0 amide bonds. The van der Waals surface area contributed by atoms with Gasteiger partial charge in [-0.2, -0.15) is 58.8 Å². The van der Waals surface area contributed by atoms with E-state index < -0.39 is 29.8 Å². The normalized spacial score (nSPS) is 12.6. The highest BCUT2D eigenvalue weighted by atomic mass is 32.2. The van der Waals surface area contributed by atoms with Crippen molar-refractivity contribution in [1.82, 2.24) is 25.3 Å². The average Bonchev–Trinajstić information content (AvgIpc) is 0.937. The summed E-state index contributed by atoms with van der Waals surface area (Å²) < 4.78 is 55.6. The summed E-state index contributed by atoms with van der Waals surface area (Å²) in [5.74, 6) is 2.79. The summed E-state index contributed by atoms with van der Waals surface area (Å²) in [6.07, 6.45) is 63.7. The van der Waals surface area contributed by atoms with Crippen LogP contribution in [0, 0.1) is 29.6 Å². The standard InChI is InChI=1S/C113H213N5O20S5/c1-11-16-21-26-31-36-41-46-51-56-89-139-94-99(6)109(124)134-84-79-129-104(119)61-70-116(71-62-105(120)130-80-85-135-110(125)100(7)95-140-90-57-52-47-42-37-32-27-22-17-12-2)75-68-114-66-67-115-69-76-118(74-65-108(123)133-83-88-138-113(128)103(10)98-143-93-60-55-50-45-40-35-30-25-20-15-5)78-77-117(72-63-106(121)131-81-86-136-111(126)101(8)96-141-91-58-53-48-43-38-33-28-23-18-13-3)73-64-107(122)132-82-87-137-112(127)102(9)97-142-92-59-54-49-44-39-34-29-24-19-14-4/h99-103,114-115H,11-98H2,1-10H3. The molecule has 0 saturated carbocycles. The number of thioether (sulfide) groups is 5. The number of hydrogen-bond donors (Lipinski definition) is 2. The van der Waals surface area contributed by atoms with E-state index in [1.165, 1.54) is 289 Å². The highest BCUT2D eigenvalue weighted by Gasteiger charge is 2.24. The molecule has 0 aromatic rings. The van der Waals surface area contributed by atoms with Crippen molar-refractivity contribution in [1.29, 1.82) is 0 Å². The minimum atomic E-state index is -0.501. The van der Waals surface area contributed by atoms with Gasteiger partial charge in [-0.15, -0.1) is 0 Å². The quantitative estimate of drug-likeness (QED) is 0.0325. The summed E-state index contributed by atoms with van der Waals surface area (Å²) in [4.78, 5) is 138. The molecule has 0 fully saturated rings. The lowest BCUT2D eigenvalue weighted by atomic mass is 10.1. The Labute approximate surface area is 893 Å². The third-order valence-corrected chi connectivity index (χ3v) is 32.2. The van der Waals surface area contributed by atoms with Crippen LogP contribution in [0.1, 0.15) is 422 Å². The molecule has 0 aliphatic carbocycles. The zero-order chi connectivity index (χ0) is 105. The van der Waals surface area contributed by atoms with Gasteiger partial charge in [0.25, 0.3) is 0 Å². The molecule has 2 N–H and O–H groups in total. The van der Waals surface area contributed by atoms with Gasteiger partial charge in [0.2, 0.25) is 0 Å². The lowest BCUT2D eigenvalue weighted by Gasteiger charge is -2.27. The largest absolute Gasteiger partial charge is 0.462 e. The Morgan fingerprint density at radius 1 is 0.189 bits per heavy atom. The second kappa shape index (κ2) is 108. The molecule has 0 aliphatic rings. The SMILES string of the molecule is CCCCCCCCCCCCSCC(C)C(=O)OCCOC(=O)CCN(CCNCCNCCN(CCC(=O)OCCOC(=O)C(C)CSCCCCCCCCCCCC)CCN(CCC(=O)OCCOC(=O)C(C)CSCCCCCCCCCCCC)CCC(=O)OCCOC(=O)C(C)CSCCCCCCCCCCCC)CCC(=O)OCCOC(=O)C(C)CSCCCCCCCCCCCC. The van der Waals surface area contributed by atoms with E-state index in [1.807, 2.05) is 44.4 Å². The van der Waals surface area contributed by atoms with E-state index in [9.17, 15) is 47.9 Å². The first-order valence-corrected chi connectivity index (χ1v) is 63.6. The molecule has 0 bridgehead atoms. The van der Waals surface area contributed by atoms with Crippen LogP contribution < -0.4 is 10.6 Å². The summed E-state index contributed by atoms with van der Waals surface area (Å²) >= 11 is 8.84. The maximum absolute atomic E-state index is 13.5. The first-order chi connectivity index (χ1) is 69.7. The molecule has 5 unspecified atom stereocenters. The second-order valence-electron chi connectivity index (χ2n) is 39.5. The topological polar surface area (TPSA) is 297 Å². The number of esters is 10. The zero-order valence-electron chi connectivity index (χ0n) is 92.7. The highest BCUT2D eigenvalue weighted by molar-refractivity contribution is 8.00. The Hall–Kier alpha value is -3.75. The third kappa shape index (κ3) is 97.5. The minimum absolute atomic E-state index is 0.0245. The van der Waals surface area contributed by atoms with Gasteiger partial charge in [-0.3, -0.25) is 47.9 Å². The predicted molar refractivity (Wildman–Crippen MR) is 599 cm³/mol. The summed E-state index contributed by atoms with van der Waals surface area (Å²) in [5, 5.41) is 6.99. The number of ether oxygens (including phenoxy) is 10. The number of carbonyl (C=O) groups is 10. The number of rotatable bonds is 112. The van der Waals surface area contributed by atoms with Crippen molar-refractivity contribution in [2.75, 3.05) is 209 Å². The molecule has 143 heavy (non-hydrogen) atoms. The molecular weight excluding hydrogens is 1910 g/mol. The maximum Gasteiger partial charge on any atom is 0.309 e. The van der Waals surface area contributed by atoms with Gasteiger partial charge < -0.3 is 72.7 Å². The molecule has 0 aromatic heterocycles. The van der Waals surface area contributed by atoms with E-state index in [-0.39, 0.29) is 184 Å². The van der Waals surface area contributed by atoms with Crippen LogP contribution in [0.15, 0.2) is 0 Å². The molecule has 5 atom stereocenters. The van der Waals surface area contributed by atoms with E-state index in [2.05, 4.69) is 50.2 Å². The Bertz CT molecular complexity index is 2820. The molecule has 0 spiro atoms. The van der Waals surface area contributed by atoms with Crippen molar-refractivity contribution in [3.05, 3.63) is 0 Å². The molecule has 30 heteroatoms. The number of nitrogens with one attached hydrogen (secondary N) is 2. The van der Waals surface area contributed by atoms with Gasteiger partial charge in [-0.05, 0) is 60.9 Å². The molecule has 0 rings (SSSR count). The van der Waals surface area contributed by atoms with Crippen molar-refractivity contribution in [2.45, 2.75) is 422 Å². The fourth-order valence-electron chi connectivity index (χ4n) is 16.1. The van der Waals surface area contributed by atoms with Crippen LogP contribution in [0.4, 0.5) is 0 Å². The van der Waals surface area contributed by atoms with Gasteiger partial charge in [-0.25, -0.2) is 0 Å². The predicted octanol–water partition coefficient (Wildman–Crippen LogP) is 24.9. The summed E-state index contributed by atoms with van der Waals surface area (Å²) in [6.45, 7) is 24.9. The molecule has 25 nitrogen and oxygen atoms in total. The number of hydrogen-bond acceptors (Lipinski definition) is 30. The average molecular weight is 2120 g/mol. The molecule has 840 valence electrons. The highest BCUT2D eigenvalue weighted by Crippen LogP contribution is 2.23. The molecule has 0 aromatic carbocycles. The summed E-state index contributed by atoms with van der Waals surface area (Å²) in [7, 11) is 0. The fraction of sp³-hybridized carbons (Fsp3) is 0.912. The van der Waals surface area contributed by atoms with E-state index >= 15 is 0 Å². The first-order valence-electron chi connectivity index (χ1n) is 57.8. The Morgan fingerprint density at radius 3 is 0.510 bits per heavy atom. The van der Waals surface area contributed by atoms with Crippen molar-refractivity contribution in [2.24, 2.45) is 29.6 Å². The second-order valence-corrected chi connectivity index (χ2v) is 45.3. The van der Waals surface area contributed by atoms with Gasteiger partial charge in [0, 0.05) is 114 Å². The summed E-state index contributed by atoms with van der Waals surface area (Å²) in [5.41, 5.74) is 0. The van der Waals surface area contributed by atoms with Gasteiger partial charge in [0.1, 0.15) is 66.1 Å². The molecule has 0 aliphatic heterocycles. The van der Waals surface area contributed by atoms with Crippen LogP contribution in [0.2, 0.25) is 0 Å². The maximum atomic E-state index is 13.5. The van der Waals surface area contributed by atoms with Gasteiger partial charge >= 0.3 is 59.7 Å². The lowest BCUT2D eigenvalue weighted by Crippen LogP contribution is -2.42. The Balaban J connectivity index is 6.29. The van der Waals surface area contributed by atoms with Crippen LogP contribution in [0.3, 0.4) is 0 Å². The van der Waals surface area contributed by atoms with Crippen molar-refractivity contribution < 1.29 is 95.3 Å². The van der Waals surface area contributed by atoms with Crippen LogP contribution in [0.25, 0.3) is 0 Å². The van der Waals surface area contributed by atoms with Crippen LogP contribution in [-0.4, -0.2) is 283 Å².